The lowest BCUT2D eigenvalue weighted by molar-refractivity contribution is -0.369. The molecule has 2 heterocycles. The van der Waals surface area contributed by atoms with Crippen LogP contribution in [0.1, 0.15) is 5.56 Å². The largest absolute Gasteiger partial charge is 0.394 e. The van der Waals surface area contributed by atoms with Crippen LogP contribution in [-0.2, 0) is 20.6 Å². The van der Waals surface area contributed by atoms with Crippen LogP contribution in [-0.4, -0.2) is 115 Å². The third-order valence-corrected chi connectivity index (χ3v) is 5.60. The summed E-state index contributed by atoms with van der Waals surface area (Å²) in [7, 11) is 0. The fraction of sp³-hybridized carbons (Fsp3) is 0.684. The summed E-state index contributed by atoms with van der Waals surface area (Å²) in [6.45, 7) is -1.42. The maximum atomic E-state index is 11.0. The predicted octanol–water partition coefficient (Wildman–Crippen LogP) is -3.78. The first-order chi connectivity index (χ1) is 14.2. The van der Waals surface area contributed by atoms with Gasteiger partial charge in [-0.25, -0.2) is 0 Å². The second-order valence-corrected chi connectivity index (χ2v) is 7.59. The van der Waals surface area contributed by atoms with E-state index in [1.165, 1.54) is 0 Å². The molecule has 2 fully saturated rings. The quantitative estimate of drug-likeness (QED) is 0.220. The zero-order valence-corrected chi connectivity index (χ0v) is 16.0. The Kier molecular flexibility index (Phi) is 7.43. The standard InChI is InChI=1S/C19H28O11/c20-7-10-15(12(22)13(23)17(26)28-10)30-18-14(24)16(25)19(27,11(8-21)29-18)6-9-4-2-1-3-5-9/h1-5,10-18,20-27H,6-8H2/t10-,11-,12-,13-,14-,15-,16+,17-,18-,19+/m1/s1. The molecule has 3 rings (SSSR count). The van der Waals surface area contributed by atoms with E-state index in [0.717, 1.165) is 0 Å². The van der Waals surface area contributed by atoms with E-state index in [0.29, 0.717) is 5.56 Å². The molecule has 0 unspecified atom stereocenters. The fourth-order valence-electron chi connectivity index (χ4n) is 3.84. The van der Waals surface area contributed by atoms with E-state index in [-0.39, 0.29) is 6.42 Å². The molecule has 0 aliphatic carbocycles. The van der Waals surface area contributed by atoms with Crippen LogP contribution >= 0.6 is 0 Å². The number of benzene rings is 1. The third kappa shape index (κ3) is 4.38. The van der Waals surface area contributed by atoms with E-state index in [9.17, 15) is 40.9 Å². The molecule has 170 valence electrons. The van der Waals surface area contributed by atoms with E-state index in [4.69, 9.17) is 14.2 Å². The molecule has 11 nitrogen and oxygen atoms in total. The number of hydrogen-bond donors (Lipinski definition) is 8. The van der Waals surface area contributed by atoms with E-state index >= 15 is 0 Å². The fourth-order valence-corrected chi connectivity index (χ4v) is 3.84. The molecule has 1 aromatic carbocycles. The summed E-state index contributed by atoms with van der Waals surface area (Å²) in [5.74, 6) is 0. The zero-order valence-electron chi connectivity index (χ0n) is 16.0. The van der Waals surface area contributed by atoms with Crippen molar-refractivity contribution in [3.05, 3.63) is 35.9 Å². The van der Waals surface area contributed by atoms with Crippen LogP contribution in [0.3, 0.4) is 0 Å². The van der Waals surface area contributed by atoms with Crippen LogP contribution < -0.4 is 0 Å². The highest BCUT2D eigenvalue weighted by Crippen LogP contribution is 2.35. The summed E-state index contributed by atoms with van der Waals surface area (Å²) in [4.78, 5) is 0. The summed E-state index contributed by atoms with van der Waals surface area (Å²) in [6.07, 6.45) is -14.7. The lowest BCUT2D eigenvalue weighted by atomic mass is 9.79. The summed E-state index contributed by atoms with van der Waals surface area (Å²) in [6, 6.07) is 8.61. The van der Waals surface area contributed by atoms with E-state index in [2.05, 4.69) is 0 Å². The van der Waals surface area contributed by atoms with Gasteiger partial charge in [0.1, 0.15) is 48.3 Å². The molecule has 2 saturated heterocycles. The molecule has 0 amide bonds. The van der Waals surface area contributed by atoms with Gasteiger partial charge in [0.25, 0.3) is 0 Å². The first kappa shape index (κ1) is 23.4. The van der Waals surface area contributed by atoms with Crippen molar-refractivity contribution >= 4 is 0 Å². The molecule has 0 spiro atoms. The minimum atomic E-state index is -2.05. The Bertz CT molecular complexity index is 670. The number of hydrogen-bond acceptors (Lipinski definition) is 11. The van der Waals surface area contributed by atoms with Gasteiger partial charge in [0, 0.05) is 6.42 Å². The van der Waals surface area contributed by atoms with Crippen LogP contribution in [0, 0.1) is 0 Å². The second kappa shape index (κ2) is 9.51. The van der Waals surface area contributed by atoms with Crippen LogP contribution in [0.4, 0.5) is 0 Å². The normalized spacial score (nSPS) is 44.7. The van der Waals surface area contributed by atoms with Gasteiger partial charge in [-0.15, -0.1) is 0 Å². The van der Waals surface area contributed by atoms with Gasteiger partial charge in [0.2, 0.25) is 0 Å². The Morgan fingerprint density at radius 2 is 1.53 bits per heavy atom. The van der Waals surface area contributed by atoms with Gasteiger partial charge in [0.15, 0.2) is 12.6 Å². The summed E-state index contributed by atoms with van der Waals surface area (Å²) >= 11 is 0. The molecule has 11 heteroatoms. The first-order valence-corrected chi connectivity index (χ1v) is 9.57. The molecule has 0 bridgehead atoms. The number of aliphatic hydroxyl groups is 8. The average Bonchev–Trinajstić information content (AvgIpc) is 2.74. The van der Waals surface area contributed by atoms with E-state index in [1.54, 1.807) is 30.3 Å². The minimum absolute atomic E-state index is 0.136. The molecule has 30 heavy (non-hydrogen) atoms. The second-order valence-electron chi connectivity index (χ2n) is 7.59. The Labute approximate surface area is 172 Å². The monoisotopic (exact) mass is 432 g/mol. The maximum Gasteiger partial charge on any atom is 0.187 e. The molecule has 10 atom stereocenters. The SMILES string of the molecule is OC[C@H]1O[C@@H](O)[C@H](O)[C@@H](O)[C@@H]1O[C@H]1O[C@H](CO)[C@@](O)(Cc2ccccc2)[C@@H](O)[C@H]1O. The van der Waals surface area contributed by atoms with Gasteiger partial charge < -0.3 is 55.1 Å². The Morgan fingerprint density at radius 3 is 2.13 bits per heavy atom. The molecule has 1 aromatic rings. The molecule has 0 saturated carbocycles. The number of ether oxygens (including phenoxy) is 3. The van der Waals surface area contributed by atoms with Crippen molar-refractivity contribution in [2.45, 2.75) is 67.3 Å². The van der Waals surface area contributed by atoms with Gasteiger partial charge in [-0.2, -0.15) is 0 Å². The minimum Gasteiger partial charge on any atom is -0.394 e. The average molecular weight is 432 g/mol. The van der Waals surface area contributed by atoms with Gasteiger partial charge in [-0.05, 0) is 5.56 Å². The van der Waals surface area contributed by atoms with Crippen molar-refractivity contribution in [3.63, 3.8) is 0 Å². The van der Waals surface area contributed by atoms with Crippen molar-refractivity contribution in [1.29, 1.82) is 0 Å². The lowest BCUT2D eigenvalue weighted by Crippen LogP contribution is -2.69. The van der Waals surface area contributed by atoms with Crippen molar-refractivity contribution in [2.75, 3.05) is 13.2 Å². The number of aliphatic hydroxyl groups excluding tert-OH is 7. The summed E-state index contributed by atoms with van der Waals surface area (Å²) in [5.41, 5.74) is -1.43. The van der Waals surface area contributed by atoms with E-state index < -0.39 is 74.1 Å². The third-order valence-electron chi connectivity index (χ3n) is 5.60. The van der Waals surface area contributed by atoms with Gasteiger partial charge in [-0.3, -0.25) is 0 Å². The van der Waals surface area contributed by atoms with Crippen molar-refractivity contribution in [3.8, 4) is 0 Å². The molecule has 2 aliphatic heterocycles. The van der Waals surface area contributed by atoms with Crippen molar-refractivity contribution < 1.29 is 55.1 Å². The summed E-state index contributed by atoms with van der Waals surface area (Å²) in [5, 5.41) is 80.9. The summed E-state index contributed by atoms with van der Waals surface area (Å²) < 4.78 is 15.9. The first-order valence-electron chi connectivity index (χ1n) is 9.57. The Morgan fingerprint density at radius 1 is 0.867 bits per heavy atom. The lowest BCUT2D eigenvalue weighted by Gasteiger charge is -2.49. The highest BCUT2D eigenvalue weighted by Gasteiger charge is 2.56. The van der Waals surface area contributed by atoms with Gasteiger partial charge >= 0.3 is 0 Å². The Balaban J connectivity index is 1.78. The molecule has 0 radical (unpaired) electrons. The predicted molar refractivity (Wildman–Crippen MR) is 97.7 cm³/mol. The molecule has 2 aliphatic rings. The highest BCUT2D eigenvalue weighted by molar-refractivity contribution is 5.20. The van der Waals surface area contributed by atoms with Gasteiger partial charge in [-0.1, -0.05) is 30.3 Å². The Hall–Kier alpha value is -1.22. The molecular weight excluding hydrogens is 404 g/mol. The number of rotatable bonds is 6. The van der Waals surface area contributed by atoms with Crippen LogP contribution in [0.25, 0.3) is 0 Å². The van der Waals surface area contributed by atoms with Crippen molar-refractivity contribution in [1.82, 2.24) is 0 Å². The smallest absolute Gasteiger partial charge is 0.187 e. The van der Waals surface area contributed by atoms with Gasteiger partial charge in [0.05, 0.1) is 13.2 Å². The molecule has 0 aromatic heterocycles. The van der Waals surface area contributed by atoms with Crippen LogP contribution in [0.15, 0.2) is 30.3 Å². The van der Waals surface area contributed by atoms with Crippen LogP contribution in [0.5, 0.6) is 0 Å². The zero-order chi connectivity index (χ0) is 22.1. The van der Waals surface area contributed by atoms with E-state index in [1.807, 2.05) is 0 Å². The maximum absolute atomic E-state index is 11.0. The van der Waals surface area contributed by atoms with Crippen LogP contribution in [0.2, 0.25) is 0 Å². The topological polar surface area (TPSA) is 190 Å². The van der Waals surface area contributed by atoms with Crippen molar-refractivity contribution in [2.24, 2.45) is 0 Å². The highest BCUT2D eigenvalue weighted by atomic mass is 16.7. The molecular formula is C19H28O11. The molecule has 8 N–H and O–H groups in total.